The molecule has 0 amide bonds. The third-order valence-corrected chi connectivity index (χ3v) is 5.19. The molecule has 0 saturated carbocycles. The Morgan fingerprint density at radius 2 is 2.14 bits per heavy atom. The quantitative estimate of drug-likeness (QED) is 0.631. The van der Waals surface area contributed by atoms with E-state index in [0.29, 0.717) is 45.1 Å². The van der Waals surface area contributed by atoms with Crippen molar-refractivity contribution in [3.63, 3.8) is 0 Å². The highest BCUT2D eigenvalue weighted by Gasteiger charge is 2.20. The molecule has 0 spiro atoms. The lowest BCUT2D eigenvalue weighted by molar-refractivity contribution is 0.0472. The van der Waals surface area contributed by atoms with Crippen LogP contribution < -0.4 is 15.0 Å². The van der Waals surface area contributed by atoms with Gasteiger partial charge in [0.1, 0.15) is 12.4 Å². The number of aromatic nitrogens is 2. The zero-order valence-corrected chi connectivity index (χ0v) is 15.5. The van der Waals surface area contributed by atoms with Crippen LogP contribution in [0, 0.1) is 0 Å². The average molecular weight is 399 g/mol. The van der Waals surface area contributed by atoms with Crippen LogP contribution in [-0.4, -0.2) is 22.3 Å². The first-order chi connectivity index (χ1) is 13.6. The molecule has 0 unspecified atom stereocenters. The molecule has 0 fully saturated rings. The number of carbonyl (C=O) groups is 1. The molecule has 0 aliphatic carbocycles. The average Bonchev–Trinajstić information content (AvgIpc) is 3.35. The lowest BCUT2D eigenvalue weighted by Gasteiger charge is -2.08. The number of hydrogen-bond donors (Lipinski definition) is 0. The van der Waals surface area contributed by atoms with Crippen LogP contribution in [0.3, 0.4) is 0 Å². The van der Waals surface area contributed by atoms with E-state index in [0.717, 1.165) is 18.7 Å². The fourth-order valence-corrected chi connectivity index (χ4v) is 3.83. The smallest absolute Gasteiger partial charge is 0.338 e. The van der Waals surface area contributed by atoms with Gasteiger partial charge in [0.15, 0.2) is 11.5 Å². The van der Waals surface area contributed by atoms with E-state index in [1.165, 1.54) is 0 Å². The van der Waals surface area contributed by atoms with Crippen LogP contribution in [0.5, 0.6) is 11.5 Å². The number of halogens is 1. The maximum Gasteiger partial charge on any atom is 0.338 e. The molecule has 5 rings (SSSR count). The summed E-state index contributed by atoms with van der Waals surface area (Å²) in [5.74, 6) is 1.29. The van der Waals surface area contributed by atoms with Gasteiger partial charge in [-0.3, -0.25) is 9.36 Å². The van der Waals surface area contributed by atoms with Crippen LogP contribution in [0.25, 0.3) is 10.9 Å². The highest BCUT2D eigenvalue weighted by molar-refractivity contribution is 6.32. The minimum atomic E-state index is -0.502. The minimum absolute atomic E-state index is 0.0352. The molecular weight excluding hydrogens is 384 g/mol. The Balaban J connectivity index is 1.38. The second kappa shape index (κ2) is 6.53. The molecule has 2 aromatic carbocycles. The molecule has 0 radical (unpaired) electrons. The van der Waals surface area contributed by atoms with Crippen molar-refractivity contribution in [1.29, 1.82) is 0 Å². The summed E-state index contributed by atoms with van der Waals surface area (Å²) in [6.07, 6.45) is 1.68. The second-order valence-electron chi connectivity index (χ2n) is 6.71. The van der Waals surface area contributed by atoms with E-state index < -0.39 is 5.97 Å². The third-order valence-electron chi connectivity index (χ3n) is 4.91. The highest BCUT2D eigenvalue weighted by Crippen LogP contribution is 2.39. The molecule has 8 heteroatoms. The fraction of sp³-hybridized carbons (Fsp3) is 0.250. The number of aryl methyl sites for hydroxylation is 1. The van der Waals surface area contributed by atoms with Gasteiger partial charge in [-0.15, -0.1) is 0 Å². The molecule has 2 aliphatic heterocycles. The maximum atomic E-state index is 12.5. The van der Waals surface area contributed by atoms with Crippen LogP contribution in [-0.2, 0) is 24.3 Å². The predicted molar refractivity (Wildman–Crippen MR) is 101 cm³/mol. The van der Waals surface area contributed by atoms with Crippen LogP contribution in [0.1, 0.15) is 28.2 Å². The summed E-state index contributed by atoms with van der Waals surface area (Å²) in [6, 6.07) is 8.22. The summed E-state index contributed by atoms with van der Waals surface area (Å²) in [6.45, 7) is 0.846. The Labute approximate surface area is 164 Å². The van der Waals surface area contributed by atoms with Gasteiger partial charge in [-0.25, -0.2) is 9.78 Å². The largest absolute Gasteiger partial charge is 0.457 e. The van der Waals surface area contributed by atoms with Gasteiger partial charge < -0.3 is 14.2 Å². The lowest BCUT2D eigenvalue weighted by atomic mass is 10.1. The number of rotatable bonds is 3. The Hall–Kier alpha value is -3.06. The predicted octanol–water partition coefficient (Wildman–Crippen LogP) is 3.08. The topological polar surface area (TPSA) is 79.7 Å². The standard InChI is InChI=1S/C20H15ClN2O5/c21-14-6-11(7-16-18(14)28-10-27-16)9-26-20(25)12-3-4-13-15(8-12)22-17-2-1-5-23(17)19(13)24/h3-4,6-8H,1-2,5,9-10H2. The molecule has 142 valence electrons. The van der Waals surface area contributed by atoms with E-state index >= 15 is 0 Å². The molecule has 0 bridgehead atoms. The van der Waals surface area contributed by atoms with Crippen LogP contribution >= 0.6 is 11.6 Å². The molecule has 28 heavy (non-hydrogen) atoms. The molecule has 3 aromatic rings. The number of ether oxygens (including phenoxy) is 3. The van der Waals surface area contributed by atoms with Crippen molar-refractivity contribution < 1.29 is 19.0 Å². The summed E-state index contributed by atoms with van der Waals surface area (Å²) in [7, 11) is 0. The molecule has 7 nitrogen and oxygen atoms in total. The van der Waals surface area contributed by atoms with Crippen LogP contribution in [0.2, 0.25) is 5.02 Å². The molecular formula is C20H15ClN2O5. The number of esters is 1. The first-order valence-electron chi connectivity index (χ1n) is 8.89. The first-order valence-corrected chi connectivity index (χ1v) is 9.26. The minimum Gasteiger partial charge on any atom is -0.457 e. The normalized spacial score (nSPS) is 14.3. The molecule has 2 aliphatic rings. The SMILES string of the molecule is O=C(OCc1cc(Cl)c2c(c1)OCO2)c1ccc2c(=O)n3c(nc2c1)CCC3. The van der Waals surface area contributed by atoms with Crippen molar-refractivity contribution >= 4 is 28.5 Å². The summed E-state index contributed by atoms with van der Waals surface area (Å²) in [4.78, 5) is 29.5. The van der Waals surface area contributed by atoms with Crippen molar-refractivity contribution in [1.82, 2.24) is 9.55 Å². The lowest BCUT2D eigenvalue weighted by Crippen LogP contribution is -2.21. The molecule has 0 N–H and O–H groups in total. The van der Waals surface area contributed by atoms with Crippen molar-refractivity contribution in [2.75, 3.05) is 6.79 Å². The Bertz CT molecular complexity index is 1190. The Morgan fingerprint density at radius 3 is 3.04 bits per heavy atom. The van der Waals surface area contributed by atoms with E-state index in [-0.39, 0.29) is 19.0 Å². The summed E-state index contributed by atoms with van der Waals surface area (Å²) >= 11 is 6.15. The van der Waals surface area contributed by atoms with Gasteiger partial charge >= 0.3 is 5.97 Å². The fourth-order valence-electron chi connectivity index (χ4n) is 3.55. The molecule has 1 aromatic heterocycles. The summed E-state index contributed by atoms with van der Waals surface area (Å²) < 4.78 is 17.7. The van der Waals surface area contributed by atoms with Crippen molar-refractivity contribution in [3.05, 3.63) is 62.7 Å². The molecule has 0 atom stereocenters. The van der Waals surface area contributed by atoms with Gasteiger partial charge in [-0.2, -0.15) is 0 Å². The monoisotopic (exact) mass is 398 g/mol. The summed E-state index contributed by atoms with van der Waals surface area (Å²) in [5, 5.41) is 0.912. The zero-order valence-electron chi connectivity index (χ0n) is 14.7. The van der Waals surface area contributed by atoms with Gasteiger partial charge in [0.25, 0.3) is 5.56 Å². The Kier molecular flexibility index (Phi) is 3.98. The van der Waals surface area contributed by atoms with Crippen molar-refractivity contribution in [2.24, 2.45) is 0 Å². The van der Waals surface area contributed by atoms with Gasteiger partial charge in [0, 0.05) is 13.0 Å². The van der Waals surface area contributed by atoms with Crippen LogP contribution in [0.4, 0.5) is 0 Å². The number of nitrogens with zero attached hydrogens (tertiary/aromatic N) is 2. The number of benzene rings is 2. The van der Waals surface area contributed by atoms with E-state index in [4.69, 9.17) is 25.8 Å². The number of carbonyl (C=O) groups excluding carboxylic acids is 1. The van der Waals surface area contributed by atoms with Crippen molar-refractivity contribution in [3.8, 4) is 11.5 Å². The number of hydrogen-bond acceptors (Lipinski definition) is 6. The molecule has 3 heterocycles. The van der Waals surface area contributed by atoms with Crippen molar-refractivity contribution in [2.45, 2.75) is 26.0 Å². The van der Waals surface area contributed by atoms with E-state index in [9.17, 15) is 9.59 Å². The molecule has 0 saturated heterocycles. The van der Waals surface area contributed by atoms with Gasteiger partial charge in [-0.05, 0) is 42.3 Å². The van der Waals surface area contributed by atoms with Gasteiger partial charge in [0.2, 0.25) is 6.79 Å². The first kappa shape index (κ1) is 17.1. The third kappa shape index (κ3) is 2.79. The maximum absolute atomic E-state index is 12.5. The highest BCUT2D eigenvalue weighted by atomic mass is 35.5. The van der Waals surface area contributed by atoms with Crippen LogP contribution in [0.15, 0.2) is 35.1 Å². The van der Waals surface area contributed by atoms with E-state index in [1.807, 2.05) is 0 Å². The summed E-state index contributed by atoms with van der Waals surface area (Å²) in [5.41, 5.74) is 1.48. The van der Waals surface area contributed by atoms with Gasteiger partial charge in [0.05, 0.1) is 21.5 Å². The Morgan fingerprint density at radius 1 is 1.25 bits per heavy atom. The van der Waals surface area contributed by atoms with Gasteiger partial charge in [-0.1, -0.05) is 11.6 Å². The van der Waals surface area contributed by atoms with E-state index in [2.05, 4.69) is 4.98 Å². The van der Waals surface area contributed by atoms with E-state index in [1.54, 1.807) is 34.9 Å². The second-order valence-corrected chi connectivity index (χ2v) is 7.12. The zero-order chi connectivity index (χ0) is 19.3. The number of fused-ring (bicyclic) bond motifs is 3.